The second-order valence-electron chi connectivity index (χ2n) is 5.73. The van der Waals surface area contributed by atoms with Crippen molar-refractivity contribution in [1.82, 2.24) is 4.90 Å². The van der Waals surface area contributed by atoms with Crippen LogP contribution in [-0.4, -0.2) is 29.9 Å². The van der Waals surface area contributed by atoms with E-state index in [1.165, 1.54) is 0 Å². The number of aryl methyl sites for hydroxylation is 1. The van der Waals surface area contributed by atoms with Gasteiger partial charge in [-0.25, -0.2) is 0 Å². The zero-order chi connectivity index (χ0) is 14.5. The molecule has 2 atom stereocenters. The van der Waals surface area contributed by atoms with E-state index in [1.54, 1.807) is 0 Å². The SMILES string of the molecule is CC1CCN(C(=O)CCc2ccc(Cl)cc2)C(CN)C1. The quantitative estimate of drug-likeness (QED) is 0.928. The van der Waals surface area contributed by atoms with E-state index in [9.17, 15) is 4.79 Å². The number of carbonyl (C=O) groups excluding carboxylic acids is 1. The van der Waals surface area contributed by atoms with Gasteiger partial charge in [0.2, 0.25) is 5.91 Å². The first kappa shape index (κ1) is 15.3. The number of benzene rings is 1. The Morgan fingerprint density at radius 3 is 2.75 bits per heavy atom. The van der Waals surface area contributed by atoms with Crippen molar-refractivity contribution in [2.75, 3.05) is 13.1 Å². The molecule has 1 aliphatic rings. The van der Waals surface area contributed by atoms with Gasteiger partial charge in [-0.15, -0.1) is 0 Å². The smallest absolute Gasteiger partial charge is 0.223 e. The number of nitrogens with zero attached hydrogens (tertiary/aromatic N) is 1. The van der Waals surface area contributed by atoms with E-state index in [2.05, 4.69) is 6.92 Å². The Kier molecular flexibility index (Phi) is 5.44. The number of rotatable bonds is 4. The molecule has 0 spiro atoms. The Hall–Kier alpha value is -1.06. The second-order valence-corrected chi connectivity index (χ2v) is 6.17. The van der Waals surface area contributed by atoms with Crippen molar-refractivity contribution in [2.24, 2.45) is 11.7 Å². The van der Waals surface area contributed by atoms with E-state index >= 15 is 0 Å². The predicted molar refractivity (Wildman–Crippen MR) is 82.7 cm³/mol. The summed E-state index contributed by atoms with van der Waals surface area (Å²) in [5, 5.41) is 0.730. The number of carbonyl (C=O) groups is 1. The Morgan fingerprint density at radius 2 is 2.10 bits per heavy atom. The summed E-state index contributed by atoms with van der Waals surface area (Å²) in [6.07, 6.45) is 3.43. The van der Waals surface area contributed by atoms with Crippen LogP contribution in [-0.2, 0) is 11.2 Å². The molecule has 2 N–H and O–H groups in total. The van der Waals surface area contributed by atoms with Crippen molar-refractivity contribution >= 4 is 17.5 Å². The maximum absolute atomic E-state index is 12.4. The van der Waals surface area contributed by atoms with Crippen molar-refractivity contribution in [1.29, 1.82) is 0 Å². The summed E-state index contributed by atoms with van der Waals surface area (Å²) in [6.45, 7) is 3.65. The van der Waals surface area contributed by atoms with Crippen LogP contribution < -0.4 is 5.73 Å². The van der Waals surface area contributed by atoms with Crippen molar-refractivity contribution in [3.05, 3.63) is 34.9 Å². The third kappa shape index (κ3) is 3.97. The van der Waals surface area contributed by atoms with Crippen molar-refractivity contribution in [3.63, 3.8) is 0 Å². The largest absolute Gasteiger partial charge is 0.338 e. The average Bonchev–Trinajstić information content (AvgIpc) is 2.46. The summed E-state index contributed by atoms with van der Waals surface area (Å²) in [5.74, 6) is 0.895. The van der Waals surface area contributed by atoms with Gasteiger partial charge in [0.25, 0.3) is 0 Å². The normalized spacial score (nSPS) is 22.9. The number of nitrogens with two attached hydrogens (primary N) is 1. The fraction of sp³-hybridized carbons (Fsp3) is 0.562. The molecule has 1 heterocycles. The summed E-state index contributed by atoms with van der Waals surface area (Å²) in [4.78, 5) is 14.3. The first-order valence-corrected chi connectivity index (χ1v) is 7.72. The van der Waals surface area contributed by atoms with Gasteiger partial charge in [0.1, 0.15) is 0 Å². The van der Waals surface area contributed by atoms with Gasteiger partial charge in [0.15, 0.2) is 0 Å². The molecule has 0 radical (unpaired) electrons. The van der Waals surface area contributed by atoms with Crippen LogP contribution in [0.5, 0.6) is 0 Å². The van der Waals surface area contributed by atoms with Crippen LogP contribution in [0.1, 0.15) is 31.7 Å². The molecule has 1 fully saturated rings. The fourth-order valence-corrected chi connectivity index (χ4v) is 2.98. The van der Waals surface area contributed by atoms with Gasteiger partial charge < -0.3 is 10.6 Å². The lowest BCUT2D eigenvalue weighted by molar-refractivity contribution is -0.135. The third-order valence-corrected chi connectivity index (χ3v) is 4.36. The van der Waals surface area contributed by atoms with Gasteiger partial charge >= 0.3 is 0 Å². The number of hydrogen-bond donors (Lipinski definition) is 1. The maximum atomic E-state index is 12.4. The fourth-order valence-electron chi connectivity index (χ4n) is 2.85. The summed E-state index contributed by atoms with van der Waals surface area (Å²) < 4.78 is 0. The van der Waals surface area contributed by atoms with Crippen LogP contribution in [0.4, 0.5) is 0 Å². The second kappa shape index (κ2) is 7.09. The molecular formula is C16H23ClN2O. The first-order chi connectivity index (χ1) is 9.60. The Balaban J connectivity index is 1.89. The molecule has 1 aromatic carbocycles. The molecule has 110 valence electrons. The van der Waals surface area contributed by atoms with Gasteiger partial charge in [0.05, 0.1) is 0 Å². The zero-order valence-electron chi connectivity index (χ0n) is 12.0. The lowest BCUT2D eigenvalue weighted by atomic mass is 9.92. The molecule has 3 nitrogen and oxygen atoms in total. The molecule has 0 aromatic heterocycles. The summed E-state index contributed by atoms with van der Waals surface area (Å²) in [7, 11) is 0. The number of halogens is 1. The third-order valence-electron chi connectivity index (χ3n) is 4.11. The molecule has 2 unspecified atom stereocenters. The van der Waals surface area contributed by atoms with E-state index in [-0.39, 0.29) is 11.9 Å². The average molecular weight is 295 g/mol. The van der Waals surface area contributed by atoms with E-state index in [1.807, 2.05) is 29.2 Å². The number of hydrogen-bond acceptors (Lipinski definition) is 2. The van der Waals surface area contributed by atoms with E-state index in [4.69, 9.17) is 17.3 Å². The van der Waals surface area contributed by atoms with E-state index < -0.39 is 0 Å². The summed E-state index contributed by atoms with van der Waals surface area (Å²) in [5.41, 5.74) is 6.96. The maximum Gasteiger partial charge on any atom is 0.223 e. The Labute approximate surface area is 126 Å². The molecule has 20 heavy (non-hydrogen) atoms. The highest BCUT2D eigenvalue weighted by atomic mass is 35.5. The van der Waals surface area contributed by atoms with Crippen LogP contribution in [0.25, 0.3) is 0 Å². The monoisotopic (exact) mass is 294 g/mol. The van der Waals surface area contributed by atoms with E-state index in [0.717, 1.165) is 36.4 Å². The van der Waals surface area contributed by atoms with Crippen molar-refractivity contribution < 1.29 is 4.79 Å². The van der Waals surface area contributed by atoms with Gasteiger partial charge in [-0.1, -0.05) is 30.7 Å². The predicted octanol–water partition coefficient (Wildman–Crippen LogP) is 2.86. The van der Waals surface area contributed by atoms with Gasteiger partial charge in [0, 0.05) is 30.6 Å². The highest BCUT2D eigenvalue weighted by molar-refractivity contribution is 6.30. The summed E-state index contributed by atoms with van der Waals surface area (Å²) in [6, 6.07) is 7.92. The standard InChI is InChI=1S/C16H23ClN2O/c1-12-8-9-19(15(10-12)11-18)16(20)7-4-13-2-5-14(17)6-3-13/h2-3,5-6,12,15H,4,7-11,18H2,1H3. The Morgan fingerprint density at radius 1 is 1.40 bits per heavy atom. The zero-order valence-corrected chi connectivity index (χ0v) is 12.8. The minimum Gasteiger partial charge on any atom is -0.338 e. The first-order valence-electron chi connectivity index (χ1n) is 7.34. The molecule has 1 aliphatic heterocycles. The highest BCUT2D eigenvalue weighted by Crippen LogP contribution is 2.23. The molecule has 2 rings (SSSR count). The molecule has 1 amide bonds. The minimum atomic E-state index is 0.219. The van der Waals surface area contributed by atoms with Crippen LogP contribution in [0.3, 0.4) is 0 Å². The van der Waals surface area contributed by atoms with Crippen LogP contribution in [0, 0.1) is 5.92 Å². The van der Waals surface area contributed by atoms with Gasteiger partial charge in [-0.3, -0.25) is 4.79 Å². The van der Waals surface area contributed by atoms with Crippen LogP contribution in [0.2, 0.25) is 5.02 Å². The molecule has 0 aliphatic carbocycles. The van der Waals surface area contributed by atoms with Gasteiger partial charge in [-0.05, 0) is 42.9 Å². The van der Waals surface area contributed by atoms with Gasteiger partial charge in [-0.2, -0.15) is 0 Å². The number of amides is 1. The molecule has 4 heteroatoms. The topological polar surface area (TPSA) is 46.3 Å². The highest BCUT2D eigenvalue weighted by Gasteiger charge is 2.28. The minimum absolute atomic E-state index is 0.219. The molecule has 0 saturated carbocycles. The molecule has 1 saturated heterocycles. The number of likely N-dealkylation sites (tertiary alicyclic amines) is 1. The molecule has 1 aromatic rings. The lowest BCUT2D eigenvalue weighted by Crippen LogP contribution is -2.49. The summed E-state index contributed by atoms with van der Waals surface area (Å²) >= 11 is 5.86. The molecular weight excluding hydrogens is 272 g/mol. The van der Waals surface area contributed by atoms with Crippen molar-refractivity contribution in [3.8, 4) is 0 Å². The lowest BCUT2D eigenvalue weighted by Gasteiger charge is -2.38. The van der Waals surface area contributed by atoms with Crippen LogP contribution >= 0.6 is 11.6 Å². The van der Waals surface area contributed by atoms with E-state index in [0.29, 0.717) is 18.9 Å². The van der Waals surface area contributed by atoms with Crippen molar-refractivity contribution in [2.45, 2.75) is 38.6 Å². The van der Waals surface area contributed by atoms with Crippen LogP contribution in [0.15, 0.2) is 24.3 Å². The Bertz CT molecular complexity index is 446. The molecule has 0 bridgehead atoms. The number of piperidine rings is 1.